The maximum Gasteiger partial charge on any atom is 0.111 e. The van der Waals surface area contributed by atoms with E-state index < -0.39 is 0 Å². The van der Waals surface area contributed by atoms with Gasteiger partial charge in [0.05, 0.1) is 5.69 Å². The molecule has 0 amide bonds. The van der Waals surface area contributed by atoms with E-state index in [-0.39, 0.29) is 0 Å². The summed E-state index contributed by atoms with van der Waals surface area (Å²) in [6, 6.07) is 10.4. The Bertz CT molecular complexity index is 495. The summed E-state index contributed by atoms with van der Waals surface area (Å²) in [4.78, 5) is 8.20. The van der Waals surface area contributed by atoms with Crippen LogP contribution in [0.3, 0.4) is 0 Å². The first-order valence-corrected chi connectivity index (χ1v) is 6.17. The van der Waals surface area contributed by atoms with Crippen molar-refractivity contribution in [2.24, 2.45) is 0 Å². The lowest BCUT2D eigenvalue weighted by molar-refractivity contribution is 0.713. The number of hydrogen-bond donors (Lipinski definition) is 2. The van der Waals surface area contributed by atoms with Crippen molar-refractivity contribution in [1.29, 1.82) is 0 Å². The Morgan fingerprint density at radius 2 is 2.06 bits per heavy atom. The average Bonchev–Trinajstić information content (AvgIpc) is 2.99. The van der Waals surface area contributed by atoms with Gasteiger partial charge in [-0.05, 0) is 19.9 Å². The number of hydrogen-bond acceptors (Lipinski definition) is 2. The normalized spacial score (nSPS) is 19.7. The summed E-state index contributed by atoms with van der Waals surface area (Å²) in [7, 11) is 0. The van der Waals surface area contributed by atoms with Gasteiger partial charge in [0, 0.05) is 23.7 Å². The van der Waals surface area contributed by atoms with Crippen molar-refractivity contribution < 1.29 is 0 Å². The number of aryl methyl sites for hydroxylation is 1. The Balaban J connectivity index is 1.96. The fourth-order valence-corrected chi connectivity index (χ4v) is 2.44. The first kappa shape index (κ1) is 10.5. The Labute approximate surface area is 101 Å². The SMILES string of the molecule is Cc1[nH]c(C2CCNC2)nc1-c1ccccc1. The highest BCUT2D eigenvalue weighted by Gasteiger charge is 2.21. The van der Waals surface area contributed by atoms with Gasteiger partial charge in [-0.3, -0.25) is 0 Å². The minimum Gasteiger partial charge on any atom is -0.345 e. The summed E-state index contributed by atoms with van der Waals surface area (Å²) in [6.07, 6.45) is 1.18. The molecule has 1 saturated heterocycles. The van der Waals surface area contributed by atoms with Crippen molar-refractivity contribution in [3.05, 3.63) is 41.9 Å². The van der Waals surface area contributed by atoms with Crippen LogP contribution >= 0.6 is 0 Å². The third kappa shape index (κ3) is 1.98. The van der Waals surface area contributed by atoms with E-state index in [0.29, 0.717) is 5.92 Å². The van der Waals surface area contributed by atoms with Crippen LogP contribution in [0.2, 0.25) is 0 Å². The fraction of sp³-hybridized carbons (Fsp3) is 0.357. The van der Waals surface area contributed by atoms with Crippen LogP contribution < -0.4 is 5.32 Å². The van der Waals surface area contributed by atoms with E-state index >= 15 is 0 Å². The number of imidazole rings is 1. The van der Waals surface area contributed by atoms with Gasteiger partial charge >= 0.3 is 0 Å². The van der Waals surface area contributed by atoms with Gasteiger partial charge in [-0.1, -0.05) is 30.3 Å². The van der Waals surface area contributed by atoms with Crippen LogP contribution in [0.25, 0.3) is 11.3 Å². The molecule has 3 heteroatoms. The van der Waals surface area contributed by atoms with Crippen LogP contribution in [0.1, 0.15) is 23.9 Å². The smallest absolute Gasteiger partial charge is 0.111 e. The minimum absolute atomic E-state index is 0.547. The molecular weight excluding hydrogens is 210 g/mol. The van der Waals surface area contributed by atoms with Gasteiger partial charge in [-0.15, -0.1) is 0 Å². The second-order valence-corrected chi connectivity index (χ2v) is 4.65. The lowest BCUT2D eigenvalue weighted by Crippen LogP contribution is -2.08. The Morgan fingerprint density at radius 1 is 1.24 bits per heavy atom. The standard InChI is InChI=1S/C14H17N3/c1-10-13(11-5-3-2-4-6-11)17-14(16-10)12-7-8-15-9-12/h2-6,12,15H,7-9H2,1H3,(H,16,17). The zero-order valence-electron chi connectivity index (χ0n) is 10.0. The highest BCUT2D eigenvalue weighted by Crippen LogP contribution is 2.26. The molecule has 17 heavy (non-hydrogen) atoms. The second-order valence-electron chi connectivity index (χ2n) is 4.65. The van der Waals surface area contributed by atoms with Crippen LogP contribution in [0.4, 0.5) is 0 Å². The largest absolute Gasteiger partial charge is 0.345 e. The predicted molar refractivity (Wildman–Crippen MR) is 69.0 cm³/mol. The van der Waals surface area contributed by atoms with E-state index in [4.69, 9.17) is 4.98 Å². The topological polar surface area (TPSA) is 40.7 Å². The molecule has 0 aliphatic carbocycles. The number of aromatic nitrogens is 2. The number of rotatable bonds is 2. The first-order valence-electron chi connectivity index (χ1n) is 6.17. The minimum atomic E-state index is 0.547. The number of aromatic amines is 1. The van der Waals surface area contributed by atoms with Crippen LogP contribution in [0, 0.1) is 6.92 Å². The molecule has 1 aromatic carbocycles. The number of nitrogens with zero attached hydrogens (tertiary/aromatic N) is 1. The van der Waals surface area contributed by atoms with Crippen molar-refractivity contribution in [3.63, 3.8) is 0 Å². The van der Waals surface area contributed by atoms with E-state index in [9.17, 15) is 0 Å². The van der Waals surface area contributed by atoms with Gasteiger partial charge < -0.3 is 10.3 Å². The number of benzene rings is 1. The maximum atomic E-state index is 4.77. The third-order valence-corrected chi connectivity index (χ3v) is 3.40. The molecule has 0 spiro atoms. The summed E-state index contributed by atoms with van der Waals surface area (Å²) < 4.78 is 0. The van der Waals surface area contributed by atoms with Crippen LogP contribution in [0.5, 0.6) is 0 Å². The van der Waals surface area contributed by atoms with Gasteiger partial charge in [0.1, 0.15) is 5.82 Å². The number of H-pyrrole nitrogens is 1. The van der Waals surface area contributed by atoms with Crippen molar-refractivity contribution in [3.8, 4) is 11.3 Å². The van der Waals surface area contributed by atoms with Crippen LogP contribution in [-0.2, 0) is 0 Å². The molecule has 1 atom stereocenters. The summed E-state index contributed by atoms with van der Waals surface area (Å²) in [5.41, 5.74) is 3.45. The predicted octanol–water partition coefficient (Wildman–Crippen LogP) is 2.46. The van der Waals surface area contributed by atoms with E-state index in [0.717, 1.165) is 30.3 Å². The van der Waals surface area contributed by atoms with Gasteiger partial charge in [-0.2, -0.15) is 0 Å². The molecular formula is C14H17N3. The molecule has 0 radical (unpaired) electrons. The van der Waals surface area contributed by atoms with E-state index in [1.54, 1.807) is 0 Å². The molecule has 1 fully saturated rings. The quantitative estimate of drug-likeness (QED) is 0.827. The van der Waals surface area contributed by atoms with Gasteiger partial charge in [0.2, 0.25) is 0 Å². The molecule has 1 aliphatic rings. The Morgan fingerprint density at radius 3 is 2.76 bits per heavy atom. The molecule has 1 unspecified atom stereocenters. The molecule has 3 rings (SSSR count). The third-order valence-electron chi connectivity index (χ3n) is 3.40. The van der Waals surface area contributed by atoms with Gasteiger partial charge in [-0.25, -0.2) is 4.98 Å². The summed E-state index contributed by atoms with van der Waals surface area (Å²) in [5.74, 6) is 1.68. The lowest BCUT2D eigenvalue weighted by atomic mass is 10.1. The average molecular weight is 227 g/mol. The first-order chi connectivity index (χ1) is 8.34. The van der Waals surface area contributed by atoms with E-state index in [1.807, 2.05) is 6.07 Å². The molecule has 88 valence electrons. The maximum absolute atomic E-state index is 4.77. The van der Waals surface area contributed by atoms with E-state index in [2.05, 4.69) is 41.5 Å². The molecule has 0 saturated carbocycles. The zero-order valence-corrected chi connectivity index (χ0v) is 10.0. The van der Waals surface area contributed by atoms with Gasteiger partial charge in [0.25, 0.3) is 0 Å². The monoisotopic (exact) mass is 227 g/mol. The van der Waals surface area contributed by atoms with Crippen molar-refractivity contribution in [2.45, 2.75) is 19.3 Å². The summed E-state index contributed by atoms with van der Waals surface area (Å²) in [6.45, 7) is 4.24. The van der Waals surface area contributed by atoms with Crippen LogP contribution in [0.15, 0.2) is 30.3 Å². The van der Waals surface area contributed by atoms with E-state index in [1.165, 1.54) is 12.0 Å². The van der Waals surface area contributed by atoms with Crippen molar-refractivity contribution >= 4 is 0 Å². The van der Waals surface area contributed by atoms with Crippen molar-refractivity contribution in [1.82, 2.24) is 15.3 Å². The molecule has 2 N–H and O–H groups in total. The molecule has 3 nitrogen and oxygen atoms in total. The van der Waals surface area contributed by atoms with Crippen molar-refractivity contribution in [2.75, 3.05) is 13.1 Å². The highest BCUT2D eigenvalue weighted by molar-refractivity contribution is 5.61. The zero-order chi connectivity index (χ0) is 11.7. The van der Waals surface area contributed by atoms with Gasteiger partial charge in [0.15, 0.2) is 0 Å². The highest BCUT2D eigenvalue weighted by atomic mass is 15.0. The molecule has 2 heterocycles. The second kappa shape index (κ2) is 4.34. The molecule has 1 aliphatic heterocycles. The lowest BCUT2D eigenvalue weighted by Gasteiger charge is -2.02. The molecule has 2 aromatic rings. The molecule has 1 aromatic heterocycles. The summed E-state index contributed by atoms with van der Waals surface area (Å²) in [5, 5.41) is 3.38. The van der Waals surface area contributed by atoms with Crippen LogP contribution in [-0.4, -0.2) is 23.1 Å². The number of nitrogens with one attached hydrogen (secondary N) is 2. The summed E-state index contributed by atoms with van der Waals surface area (Å²) >= 11 is 0. The Hall–Kier alpha value is -1.61. The Kier molecular flexibility index (Phi) is 2.69. The molecule has 0 bridgehead atoms. The fourth-order valence-electron chi connectivity index (χ4n) is 2.44.